The number of hydrogen-bond acceptors (Lipinski definition) is 2. The Hall–Kier alpha value is -0.686. The van der Waals surface area contributed by atoms with Crippen molar-refractivity contribution in [2.24, 2.45) is 0 Å². The first-order valence-corrected chi connectivity index (χ1v) is 16.6. The Morgan fingerprint density at radius 2 is 1.60 bits per heavy atom. The second kappa shape index (κ2) is 9.86. The van der Waals surface area contributed by atoms with Gasteiger partial charge in [-0.25, -0.2) is 0 Å². The van der Waals surface area contributed by atoms with E-state index in [0.29, 0.717) is 18.4 Å². The van der Waals surface area contributed by atoms with Crippen LogP contribution in [0, 0.1) is 0 Å². The molecule has 0 amide bonds. The van der Waals surface area contributed by atoms with Gasteiger partial charge in [0.1, 0.15) is 0 Å². The van der Waals surface area contributed by atoms with Gasteiger partial charge in [-0.1, -0.05) is 75.2 Å². The predicted molar refractivity (Wildman–Crippen MR) is 116 cm³/mol. The Morgan fingerprint density at radius 1 is 1.04 bits per heavy atom. The van der Waals surface area contributed by atoms with Gasteiger partial charge in [0.2, 0.25) is 0 Å². The summed E-state index contributed by atoms with van der Waals surface area (Å²) in [6.07, 6.45) is 2.14. The Kier molecular flexibility index (Phi) is 8.82. The minimum atomic E-state index is -1.31. The second-order valence-electron chi connectivity index (χ2n) is 9.36. The SMILES string of the molecule is C=C(CC(O)CCCOCc1ccccc1)C([Si](C)(C)C)[Si](C)(C)C. The smallest absolute Gasteiger partial charge is 0.0716 e. The first kappa shape index (κ1) is 22.4. The van der Waals surface area contributed by atoms with E-state index in [4.69, 9.17) is 4.74 Å². The summed E-state index contributed by atoms with van der Waals surface area (Å²) >= 11 is 0. The fourth-order valence-corrected chi connectivity index (χ4v) is 17.3. The molecule has 25 heavy (non-hydrogen) atoms. The first-order valence-electron chi connectivity index (χ1n) is 9.49. The molecule has 0 aliphatic rings. The van der Waals surface area contributed by atoms with Crippen molar-refractivity contribution in [2.45, 2.75) is 76.4 Å². The summed E-state index contributed by atoms with van der Waals surface area (Å²) < 4.78 is 5.71. The molecule has 142 valence electrons. The molecule has 0 aromatic heterocycles. The van der Waals surface area contributed by atoms with E-state index < -0.39 is 16.1 Å². The zero-order valence-corrected chi connectivity index (χ0v) is 19.1. The maximum Gasteiger partial charge on any atom is 0.0716 e. The van der Waals surface area contributed by atoms with E-state index in [1.165, 1.54) is 11.1 Å². The van der Waals surface area contributed by atoms with Gasteiger partial charge in [0.05, 0.1) is 12.7 Å². The third-order valence-corrected chi connectivity index (χ3v) is 14.1. The van der Waals surface area contributed by atoms with Gasteiger partial charge in [-0.15, -0.1) is 6.58 Å². The molecule has 4 heteroatoms. The summed E-state index contributed by atoms with van der Waals surface area (Å²) in [5.74, 6) is 0. The van der Waals surface area contributed by atoms with Gasteiger partial charge in [0.25, 0.3) is 0 Å². The highest BCUT2D eigenvalue weighted by atomic mass is 28.4. The largest absolute Gasteiger partial charge is 0.393 e. The Morgan fingerprint density at radius 3 is 2.12 bits per heavy atom. The summed E-state index contributed by atoms with van der Waals surface area (Å²) in [4.78, 5) is 0. The molecule has 1 atom stereocenters. The molecule has 1 rings (SSSR count). The van der Waals surface area contributed by atoms with Crippen LogP contribution < -0.4 is 0 Å². The van der Waals surface area contributed by atoms with Crippen LogP contribution in [0.2, 0.25) is 44.4 Å². The summed E-state index contributed by atoms with van der Waals surface area (Å²) in [7, 11) is -2.61. The average molecular weight is 379 g/mol. The van der Waals surface area contributed by atoms with Crippen LogP contribution in [0.15, 0.2) is 42.5 Å². The fraction of sp³-hybridized carbons (Fsp3) is 0.619. The third kappa shape index (κ3) is 8.49. The summed E-state index contributed by atoms with van der Waals surface area (Å²) in [5, 5.41) is 11.1. The lowest BCUT2D eigenvalue weighted by atomic mass is 10.1. The van der Waals surface area contributed by atoms with Crippen LogP contribution in [-0.2, 0) is 11.3 Å². The van der Waals surface area contributed by atoms with E-state index in [0.717, 1.165) is 19.3 Å². The molecule has 0 spiro atoms. The molecule has 1 unspecified atom stereocenters. The number of benzene rings is 1. The highest BCUT2D eigenvalue weighted by Gasteiger charge is 2.39. The van der Waals surface area contributed by atoms with E-state index in [1.807, 2.05) is 18.2 Å². The van der Waals surface area contributed by atoms with E-state index in [9.17, 15) is 5.11 Å². The first-order chi connectivity index (χ1) is 11.5. The van der Waals surface area contributed by atoms with Crippen LogP contribution in [0.3, 0.4) is 0 Å². The number of rotatable bonds is 11. The normalized spacial score (nSPS) is 13.9. The van der Waals surface area contributed by atoms with Crippen molar-refractivity contribution in [3.8, 4) is 0 Å². The molecule has 0 saturated carbocycles. The highest BCUT2D eigenvalue weighted by Crippen LogP contribution is 2.39. The van der Waals surface area contributed by atoms with Crippen molar-refractivity contribution in [1.82, 2.24) is 0 Å². The van der Waals surface area contributed by atoms with E-state index >= 15 is 0 Å². The van der Waals surface area contributed by atoms with E-state index in [-0.39, 0.29) is 6.10 Å². The molecular weight excluding hydrogens is 340 g/mol. The van der Waals surface area contributed by atoms with Crippen LogP contribution in [0.1, 0.15) is 24.8 Å². The molecule has 0 radical (unpaired) electrons. The molecule has 1 aromatic rings. The fourth-order valence-electron chi connectivity index (χ4n) is 4.23. The number of aliphatic hydroxyl groups is 1. The van der Waals surface area contributed by atoms with Crippen molar-refractivity contribution in [2.75, 3.05) is 6.61 Å². The summed E-state index contributed by atoms with van der Waals surface area (Å²) in [5.41, 5.74) is 2.49. The summed E-state index contributed by atoms with van der Waals surface area (Å²) in [6, 6.07) is 10.2. The van der Waals surface area contributed by atoms with Crippen LogP contribution in [0.5, 0.6) is 0 Å². The molecule has 0 aliphatic heterocycles. The van der Waals surface area contributed by atoms with Crippen LogP contribution in [0.4, 0.5) is 0 Å². The topological polar surface area (TPSA) is 29.5 Å². The lowest BCUT2D eigenvalue weighted by molar-refractivity contribution is 0.0971. The highest BCUT2D eigenvalue weighted by molar-refractivity contribution is 6.97. The molecule has 0 bridgehead atoms. The molecular formula is C21H38O2Si2. The zero-order chi connectivity index (χ0) is 19.1. The third-order valence-electron chi connectivity index (χ3n) is 4.58. The van der Waals surface area contributed by atoms with E-state index in [1.54, 1.807) is 0 Å². The standard InChI is InChI=1S/C21H38O2Si2/c1-18(21(24(2,3)4)25(5,6)7)16-20(22)14-11-15-23-17-19-12-9-8-10-13-19/h8-10,12-13,20-22H,1,11,14-17H2,2-7H3. The second-order valence-corrected chi connectivity index (χ2v) is 20.6. The Labute approximate surface area is 157 Å². The lowest BCUT2D eigenvalue weighted by Gasteiger charge is -2.40. The van der Waals surface area contributed by atoms with E-state index in [2.05, 4.69) is 58.0 Å². The van der Waals surface area contributed by atoms with Crippen molar-refractivity contribution < 1.29 is 9.84 Å². The van der Waals surface area contributed by atoms with Crippen molar-refractivity contribution in [3.63, 3.8) is 0 Å². The molecule has 0 heterocycles. The maximum atomic E-state index is 10.4. The zero-order valence-electron chi connectivity index (χ0n) is 17.1. The predicted octanol–water partition coefficient (Wildman–Crippen LogP) is 5.88. The quantitative estimate of drug-likeness (QED) is 0.296. The van der Waals surface area contributed by atoms with Crippen LogP contribution >= 0.6 is 0 Å². The van der Waals surface area contributed by atoms with Crippen molar-refractivity contribution >= 4 is 16.1 Å². The van der Waals surface area contributed by atoms with Gasteiger partial charge in [0, 0.05) is 22.8 Å². The van der Waals surface area contributed by atoms with Crippen LogP contribution in [0.25, 0.3) is 0 Å². The Bertz CT molecular complexity index is 501. The number of aliphatic hydroxyl groups excluding tert-OH is 1. The van der Waals surface area contributed by atoms with Gasteiger partial charge < -0.3 is 9.84 Å². The van der Waals surface area contributed by atoms with Gasteiger partial charge in [-0.2, -0.15) is 0 Å². The number of ether oxygens (including phenoxy) is 1. The molecule has 0 fully saturated rings. The van der Waals surface area contributed by atoms with Gasteiger partial charge in [-0.3, -0.25) is 0 Å². The average Bonchev–Trinajstić information content (AvgIpc) is 2.44. The minimum Gasteiger partial charge on any atom is -0.393 e. The minimum absolute atomic E-state index is 0.289. The van der Waals surface area contributed by atoms with Crippen molar-refractivity contribution in [3.05, 3.63) is 48.0 Å². The molecule has 0 aliphatic carbocycles. The number of hydrogen-bond donors (Lipinski definition) is 1. The Balaban J connectivity index is 2.35. The maximum absolute atomic E-state index is 10.4. The molecule has 1 aromatic carbocycles. The summed E-state index contributed by atoms with van der Waals surface area (Å²) in [6.45, 7) is 20.4. The lowest BCUT2D eigenvalue weighted by Crippen LogP contribution is -2.45. The molecule has 0 saturated heterocycles. The van der Waals surface area contributed by atoms with Gasteiger partial charge in [-0.05, 0) is 30.0 Å². The molecule has 2 nitrogen and oxygen atoms in total. The van der Waals surface area contributed by atoms with Gasteiger partial charge in [0.15, 0.2) is 0 Å². The van der Waals surface area contributed by atoms with Gasteiger partial charge >= 0.3 is 0 Å². The molecule has 1 N–H and O–H groups in total. The van der Waals surface area contributed by atoms with Crippen LogP contribution in [-0.4, -0.2) is 34.0 Å². The van der Waals surface area contributed by atoms with Crippen molar-refractivity contribution in [1.29, 1.82) is 0 Å². The monoisotopic (exact) mass is 378 g/mol.